The third-order valence-electron chi connectivity index (χ3n) is 3.17. The molecule has 4 aromatic rings. The van der Waals surface area contributed by atoms with Gasteiger partial charge in [0.1, 0.15) is 0 Å². The maximum absolute atomic E-state index is 12.5. The minimum atomic E-state index is 0.0531. The molecule has 0 bridgehead atoms. The van der Waals surface area contributed by atoms with Gasteiger partial charge in [0, 0.05) is 0 Å². The molecule has 0 saturated heterocycles. The third kappa shape index (κ3) is 1.65. The monoisotopic (exact) mass is 331 g/mol. The molecule has 0 saturated carbocycles. The fraction of sp³-hybridized carbons (Fsp3) is 0. The van der Waals surface area contributed by atoms with E-state index in [2.05, 4.69) is 23.6 Å². The van der Waals surface area contributed by atoms with Crippen molar-refractivity contribution in [3.63, 3.8) is 0 Å². The molecule has 0 unspecified atom stereocenters. The van der Waals surface area contributed by atoms with Crippen LogP contribution in [0.3, 0.4) is 0 Å². The van der Waals surface area contributed by atoms with Gasteiger partial charge in [0.2, 0.25) is 0 Å². The summed E-state index contributed by atoms with van der Waals surface area (Å²) in [7, 11) is 0. The molecule has 0 spiro atoms. The van der Waals surface area contributed by atoms with Crippen LogP contribution in [0.1, 0.15) is 0 Å². The number of fused-ring (bicyclic) bond motifs is 2. The van der Waals surface area contributed by atoms with E-state index in [1.54, 1.807) is 11.3 Å². The maximum atomic E-state index is 12.5. The number of benzene rings is 2. The van der Waals surface area contributed by atoms with Crippen molar-refractivity contribution >= 4 is 45.8 Å². The summed E-state index contributed by atoms with van der Waals surface area (Å²) >= 11 is 1.75. The van der Waals surface area contributed by atoms with Crippen molar-refractivity contribution in [3.8, 4) is 5.69 Å². The van der Waals surface area contributed by atoms with E-state index < -0.39 is 0 Å². The molecule has 0 radical (unpaired) electrons. The first-order valence-electron chi connectivity index (χ1n) is 5.92. The van der Waals surface area contributed by atoms with E-state index >= 15 is 0 Å². The van der Waals surface area contributed by atoms with Crippen LogP contribution in [0.4, 0.5) is 0 Å². The van der Waals surface area contributed by atoms with Gasteiger partial charge in [0.25, 0.3) is 0 Å². The Labute approximate surface area is 119 Å². The number of nitrogens with zero attached hydrogens (tertiary/aromatic N) is 1. The molecule has 0 atom stereocenters. The van der Waals surface area contributed by atoms with Crippen LogP contribution < -0.4 is 5.56 Å². The van der Waals surface area contributed by atoms with E-state index in [9.17, 15) is 4.79 Å². The molecule has 4 rings (SSSR count). The first kappa shape index (κ1) is 11.2. The fourth-order valence-corrected chi connectivity index (χ4v) is 5.47. The van der Waals surface area contributed by atoms with Crippen LogP contribution in [-0.4, -0.2) is 18.3 Å². The van der Waals surface area contributed by atoms with Crippen LogP contribution in [0, 0.1) is 0 Å². The molecule has 4 heteroatoms. The van der Waals surface area contributed by atoms with Crippen molar-refractivity contribution in [1.29, 1.82) is 0 Å². The first-order valence-corrected chi connectivity index (χ1v) is 8.42. The summed E-state index contributed by atoms with van der Waals surface area (Å²) < 4.78 is 4.35. The van der Waals surface area contributed by atoms with Crippen molar-refractivity contribution < 1.29 is 0 Å². The molecule has 0 aliphatic heterocycles. The van der Waals surface area contributed by atoms with Gasteiger partial charge >= 0.3 is 119 Å². The predicted molar refractivity (Wildman–Crippen MR) is 81.9 cm³/mol. The summed E-state index contributed by atoms with van der Waals surface area (Å²) in [6.45, 7) is 0. The zero-order valence-corrected chi connectivity index (χ0v) is 12.4. The standard InChI is InChI=1S/C15H9NOSSe/c17-15-11-6-2-4-8-14(11)19-16(15)12-9-18-13-7-3-1-5-10(12)13/h1-9H. The van der Waals surface area contributed by atoms with Gasteiger partial charge in [-0.3, -0.25) is 0 Å². The second-order valence-corrected chi connectivity index (χ2v) is 7.29. The summed E-state index contributed by atoms with van der Waals surface area (Å²) in [6, 6.07) is 16.2. The van der Waals surface area contributed by atoms with E-state index in [1.807, 2.05) is 33.9 Å². The van der Waals surface area contributed by atoms with Crippen LogP contribution in [-0.2, 0) is 0 Å². The number of rotatable bonds is 1. The second-order valence-electron chi connectivity index (χ2n) is 4.30. The molecule has 0 N–H and O–H groups in total. The van der Waals surface area contributed by atoms with Gasteiger partial charge in [-0.25, -0.2) is 0 Å². The van der Waals surface area contributed by atoms with Crippen molar-refractivity contribution in [2.45, 2.75) is 0 Å². The van der Waals surface area contributed by atoms with Crippen LogP contribution in [0.25, 0.3) is 25.4 Å². The Morgan fingerprint density at radius 3 is 2.53 bits per heavy atom. The minimum absolute atomic E-state index is 0.0531. The van der Waals surface area contributed by atoms with Crippen LogP contribution in [0.15, 0.2) is 58.7 Å². The van der Waals surface area contributed by atoms with Crippen molar-refractivity contribution in [2.75, 3.05) is 0 Å². The van der Waals surface area contributed by atoms with Crippen molar-refractivity contribution in [3.05, 3.63) is 64.3 Å². The van der Waals surface area contributed by atoms with Crippen LogP contribution >= 0.6 is 11.3 Å². The average molecular weight is 330 g/mol. The van der Waals surface area contributed by atoms with E-state index in [0.29, 0.717) is 0 Å². The Morgan fingerprint density at radius 2 is 1.68 bits per heavy atom. The molecule has 2 nitrogen and oxygen atoms in total. The molecule has 2 heterocycles. The Hall–Kier alpha value is -1.61. The zero-order valence-electron chi connectivity index (χ0n) is 9.87. The quantitative estimate of drug-likeness (QED) is 0.491. The predicted octanol–water partition coefficient (Wildman–Crippen LogP) is 3.26. The van der Waals surface area contributed by atoms with Gasteiger partial charge in [-0.1, -0.05) is 0 Å². The van der Waals surface area contributed by atoms with Crippen molar-refractivity contribution in [1.82, 2.24) is 3.56 Å². The Kier molecular flexibility index (Phi) is 2.49. The van der Waals surface area contributed by atoms with Gasteiger partial charge in [-0.2, -0.15) is 0 Å². The van der Waals surface area contributed by atoms with Crippen LogP contribution in [0.5, 0.6) is 0 Å². The Bertz CT molecular complexity index is 947. The SMILES string of the molecule is O=c1c2ccccc2[se]n1-c1csc2ccccc12. The van der Waals surface area contributed by atoms with Gasteiger partial charge in [0.15, 0.2) is 0 Å². The van der Waals surface area contributed by atoms with E-state index in [0.717, 1.165) is 11.1 Å². The molecule has 0 fully saturated rings. The molecule has 0 aliphatic rings. The number of hydrogen-bond acceptors (Lipinski definition) is 2. The number of thiophene rings is 1. The molecule has 2 aromatic carbocycles. The molecule has 19 heavy (non-hydrogen) atoms. The summed E-state index contributed by atoms with van der Waals surface area (Å²) in [6.07, 6.45) is 0. The van der Waals surface area contributed by atoms with Crippen LogP contribution in [0.2, 0.25) is 0 Å². The Balaban J connectivity index is 2.10. The van der Waals surface area contributed by atoms with Crippen molar-refractivity contribution in [2.24, 2.45) is 0 Å². The first-order chi connectivity index (χ1) is 9.34. The van der Waals surface area contributed by atoms with Gasteiger partial charge < -0.3 is 0 Å². The molecular weight excluding hydrogens is 321 g/mol. The van der Waals surface area contributed by atoms with Gasteiger partial charge in [-0.05, 0) is 0 Å². The van der Waals surface area contributed by atoms with E-state index in [-0.39, 0.29) is 20.3 Å². The molecular formula is C15H9NOSSe. The number of aromatic nitrogens is 1. The third-order valence-corrected chi connectivity index (χ3v) is 6.43. The summed E-state index contributed by atoms with van der Waals surface area (Å²) in [4.78, 5) is 12.5. The molecule has 92 valence electrons. The number of hydrogen-bond donors (Lipinski definition) is 0. The molecule has 0 aliphatic carbocycles. The van der Waals surface area contributed by atoms with Gasteiger partial charge in [-0.15, -0.1) is 0 Å². The molecule has 0 amide bonds. The van der Waals surface area contributed by atoms with Gasteiger partial charge in [0.05, 0.1) is 0 Å². The fourth-order valence-electron chi connectivity index (χ4n) is 2.25. The molecule has 2 aromatic heterocycles. The van der Waals surface area contributed by atoms with E-state index in [4.69, 9.17) is 0 Å². The summed E-state index contributed by atoms with van der Waals surface area (Å²) in [5.41, 5.74) is 1.20. The summed E-state index contributed by atoms with van der Waals surface area (Å²) in [5, 5.41) is 4.13. The zero-order chi connectivity index (χ0) is 12.8. The normalized spacial score (nSPS) is 11.4. The van der Waals surface area contributed by atoms with E-state index in [1.165, 1.54) is 14.3 Å². The Morgan fingerprint density at radius 1 is 0.947 bits per heavy atom. The topological polar surface area (TPSA) is 22.0 Å². The average Bonchev–Trinajstić information content (AvgIpc) is 3.01. The second kappa shape index (κ2) is 4.20. The summed E-state index contributed by atoms with van der Waals surface area (Å²) in [5.74, 6) is 0.